The van der Waals surface area contributed by atoms with Crippen LogP contribution in [0, 0.1) is 12.8 Å². The van der Waals surface area contributed by atoms with Crippen molar-refractivity contribution in [3.8, 4) is 0 Å². The van der Waals surface area contributed by atoms with E-state index in [2.05, 4.69) is 15.5 Å². The Morgan fingerprint density at radius 3 is 2.32 bits per heavy atom. The van der Waals surface area contributed by atoms with Gasteiger partial charge >= 0.3 is 0 Å². The fraction of sp³-hybridized carbons (Fsp3) is 0.333. The first-order chi connectivity index (χ1) is 17.8. The summed E-state index contributed by atoms with van der Waals surface area (Å²) in [6.07, 6.45) is 2.29. The molecule has 5 rings (SSSR count). The van der Waals surface area contributed by atoms with E-state index in [1.54, 1.807) is 47.4 Å². The summed E-state index contributed by atoms with van der Waals surface area (Å²) in [6.45, 7) is 3.90. The van der Waals surface area contributed by atoms with Crippen LogP contribution in [0.1, 0.15) is 28.8 Å². The van der Waals surface area contributed by atoms with Crippen molar-refractivity contribution in [1.82, 2.24) is 20.4 Å². The van der Waals surface area contributed by atoms with Crippen LogP contribution in [0.4, 0.5) is 11.5 Å². The molecule has 0 bridgehead atoms. The molecule has 2 aliphatic heterocycles. The van der Waals surface area contributed by atoms with E-state index >= 15 is 0 Å². The highest BCUT2D eigenvalue weighted by Gasteiger charge is 2.34. The van der Waals surface area contributed by atoms with E-state index in [0.29, 0.717) is 56.1 Å². The summed E-state index contributed by atoms with van der Waals surface area (Å²) in [5.41, 5.74) is 2.17. The molecule has 192 valence electrons. The summed E-state index contributed by atoms with van der Waals surface area (Å²) in [6, 6.07) is 17.2. The molecule has 2 aliphatic rings. The molecule has 0 unspecified atom stereocenters. The van der Waals surface area contributed by atoms with Crippen LogP contribution < -0.4 is 10.2 Å². The minimum absolute atomic E-state index is 0.0701. The molecule has 0 spiro atoms. The second-order valence-electron chi connectivity index (χ2n) is 9.51. The maximum absolute atomic E-state index is 13.4. The van der Waals surface area contributed by atoms with Gasteiger partial charge in [0, 0.05) is 37.9 Å². The summed E-state index contributed by atoms with van der Waals surface area (Å²) in [5.74, 6) is 0.0404. The number of amides is 2. The van der Waals surface area contributed by atoms with E-state index in [1.165, 1.54) is 11.1 Å². The van der Waals surface area contributed by atoms with Crippen LogP contribution in [0.15, 0.2) is 71.8 Å². The fourth-order valence-electron chi connectivity index (χ4n) is 4.74. The number of anilines is 2. The Morgan fingerprint density at radius 1 is 1.00 bits per heavy atom. The average molecular weight is 520 g/mol. The maximum Gasteiger partial charge on any atom is 0.253 e. The molecule has 1 N–H and O–H groups in total. The third kappa shape index (κ3) is 5.12. The highest BCUT2D eigenvalue weighted by Crippen LogP contribution is 2.30. The van der Waals surface area contributed by atoms with Gasteiger partial charge in [-0.1, -0.05) is 17.7 Å². The summed E-state index contributed by atoms with van der Waals surface area (Å²) in [5, 5.41) is 10.5. The number of aromatic nitrogens is 2. The molecule has 0 aliphatic carbocycles. The zero-order valence-electron chi connectivity index (χ0n) is 20.6. The van der Waals surface area contributed by atoms with E-state index in [9.17, 15) is 18.0 Å². The van der Waals surface area contributed by atoms with Crippen molar-refractivity contribution in [2.75, 3.05) is 31.1 Å². The summed E-state index contributed by atoms with van der Waals surface area (Å²) < 4.78 is 26.8. The summed E-state index contributed by atoms with van der Waals surface area (Å²) >= 11 is 0. The van der Waals surface area contributed by atoms with Gasteiger partial charge < -0.3 is 10.2 Å². The number of sulfone groups is 1. The number of carbonyl (C=O) groups is 2. The lowest BCUT2D eigenvalue weighted by Crippen LogP contribution is -2.51. The number of piperidine rings is 1. The molecule has 1 aromatic heterocycles. The first-order valence-electron chi connectivity index (χ1n) is 12.4. The third-order valence-corrected chi connectivity index (χ3v) is 9.27. The van der Waals surface area contributed by atoms with Crippen molar-refractivity contribution < 1.29 is 18.0 Å². The van der Waals surface area contributed by atoms with Gasteiger partial charge in [-0.3, -0.25) is 14.5 Å². The highest BCUT2D eigenvalue weighted by atomic mass is 32.2. The Labute approximate surface area is 216 Å². The molecule has 0 saturated carbocycles. The lowest BCUT2D eigenvalue weighted by atomic mass is 10.0. The van der Waals surface area contributed by atoms with Gasteiger partial charge in [0.1, 0.15) is 0 Å². The highest BCUT2D eigenvalue weighted by molar-refractivity contribution is 7.92. The molecule has 3 aromatic rings. The van der Waals surface area contributed by atoms with E-state index in [4.69, 9.17) is 0 Å². The minimum atomic E-state index is -3.60. The Bertz CT molecular complexity index is 1380. The van der Waals surface area contributed by atoms with Gasteiger partial charge in [0.25, 0.3) is 5.91 Å². The first-order valence-corrected chi connectivity index (χ1v) is 13.9. The number of benzene rings is 2. The van der Waals surface area contributed by atoms with Crippen molar-refractivity contribution >= 4 is 33.2 Å². The van der Waals surface area contributed by atoms with E-state index < -0.39 is 15.1 Å². The molecule has 2 amide bonds. The van der Waals surface area contributed by atoms with Crippen molar-refractivity contribution in [2.45, 2.75) is 29.9 Å². The van der Waals surface area contributed by atoms with Gasteiger partial charge in [-0.25, -0.2) is 8.42 Å². The molecule has 3 heterocycles. The smallest absolute Gasteiger partial charge is 0.253 e. The Kier molecular flexibility index (Phi) is 7.03. The zero-order valence-corrected chi connectivity index (χ0v) is 21.4. The topological polar surface area (TPSA) is 113 Å². The van der Waals surface area contributed by atoms with Crippen molar-refractivity contribution in [3.05, 3.63) is 78.0 Å². The lowest BCUT2D eigenvalue weighted by molar-refractivity contribution is -0.123. The monoisotopic (exact) mass is 519 g/mol. The van der Waals surface area contributed by atoms with Crippen LogP contribution in [0.2, 0.25) is 0 Å². The second kappa shape index (κ2) is 10.4. The predicted molar refractivity (Wildman–Crippen MR) is 139 cm³/mol. The number of nitrogens with one attached hydrogen (secondary N) is 1. The van der Waals surface area contributed by atoms with Gasteiger partial charge in [0.15, 0.2) is 15.7 Å². The van der Waals surface area contributed by atoms with Gasteiger partial charge in [-0.05, 0) is 68.3 Å². The standard InChI is InChI=1S/C27H29N5O4S/c1-19-4-2-5-20(16-19)26(33)31-14-11-24(12-15-31)37(35,36)23-9-7-22(8-10-23)32(25-6-3-13-29-30-25)27(34)21-17-28-18-21/h2-10,13,16,21,24,28H,11-12,14-15,17-18H2,1H3. The molecule has 2 aromatic carbocycles. The van der Waals surface area contributed by atoms with E-state index in [0.717, 1.165) is 5.56 Å². The Balaban J connectivity index is 1.30. The van der Waals surface area contributed by atoms with Crippen LogP contribution >= 0.6 is 0 Å². The third-order valence-electron chi connectivity index (χ3n) is 6.99. The number of carbonyl (C=O) groups excluding carboxylic acids is 2. The largest absolute Gasteiger partial charge is 0.339 e. The number of hydrogen-bond acceptors (Lipinski definition) is 7. The van der Waals surface area contributed by atoms with Crippen LogP contribution in [-0.4, -0.2) is 66.8 Å². The minimum Gasteiger partial charge on any atom is -0.339 e. The summed E-state index contributed by atoms with van der Waals surface area (Å²) in [7, 11) is -3.60. The Hall–Kier alpha value is -3.63. The van der Waals surface area contributed by atoms with E-state index in [-0.39, 0.29) is 22.6 Å². The lowest BCUT2D eigenvalue weighted by Gasteiger charge is -2.32. The van der Waals surface area contributed by atoms with Crippen LogP contribution in [0.25, 0.3) is 0 Å². The van der Waals surface area contributed by atoms with E-state index in [1.807, 2.05) is 25.1 Å². The number of likely N-dealkylation sites (tertiary alicyclic amines) is 1. The van der Waals surface area contributed by atoms with Gasteiger partial charge in [0.05, 0.1) is 21.8 Å². The first kappa shape index (κ1) is 25.0. The number of nitrogens with zero attached hydrogens (tertiary/aromatic N) is 4. The predicted octanol–water partition coefficient (Wildman–Crippen LogP) is 2.75. The second-order valence-corrected chi connectivity index (χ2v) is 11.7. The summed E-state index contributed by atoms with van der Waals surface area (Å²) in [4.78, 5) is 29.4. The van der Waals surface area contributed by atoms with Gasteiger partial charge in [-0.2, -0.15) is 5.10 Å². The molecule has 37 heavy (non-hydrogen) atoms. The fourth-order valence-corrected chi connectivity index (χ4v) is 6.47. The number of rotatable bonds is 6. The number of hydrogen-bond donors (Lipinski definition) is 1. The number of aryl methyl sites for hydroxylation is 1. The van der Waals surface area contributed by atoms with Crippen LogP contribution in [0.3, 0.4) is 0 Å². The normalized spacial score (nSPS) is 16.7. The van der Waals surface area contributed by atoms with Gasteiger partial charge in [-0.15, -0.1) is 5.10 Å². The molecular formula is C27H29N5O4S. The Morgan fingerprint density at radius 2 is 1.73 bits per heavy atom. The van der Waals surface area contributed by atoms with Crippen LogP contribution in [-0.2, 0) is 14.6 Å². The molecule has 0 atom stereocenters. The molecule has 0 radical (unpaired) electrons. The SMILES string of the molecule is Cc1cccc(C(=O)N2CCC(S(=O)(=O)c3ccc(N(C(=O)C4CNC4)c4cccnn4)cc3)CC2)c1. The van der Waals surface area contributed by atoms with Crippen LogP contribution in [0.5, 0.6) is 0 Å². The molecular weight excluding hydrogens is 490 g/mol. The van der Waals surface area contributed by atoms with Gasteiger partial charge in [0.2, 0.25) is 5.91 Å². The molecule has 9 nitrogen and oxygen atoms in total. The maximum atomic E-state index is 13.4. The quantitative estimate of drug-likeness (QED) is 0.533. The average Bonchev–Trinajstić information content (AvgIpc) is 2.88. The van der Waals surface area contributed by atoms with Crippen molar-refractivity contribution in [3.63, 3.8) is 0 Å². The van der Waals surface area contributed by atoms with Crippen molar-refractivity contribution in [2.24, 2.45) is 5.92 Å². The zero-order chi connectivity index (χ0) is 26.0. The molecule has 2 saturated heterocycles. The van der Waals surface area contributed by atoms with Crippen molar-refractivity contribution in [1.29, 1.82) is 0 Å². The molecule has 10 heteroatoms. The molecule has 2 fully saturated rings.